The van der Waals surface area contributed by atoms with Crippen LogP contribution in [0, 0.1) is 5.41 Å². The summed E-state index contributed by atoms with van der Waals surface area (Å²) in [7, 11) is -4.99. The summed E-state index contributed by atoms with van der Waals surface area (Å²) < 4.78 is 42.0. The van der Waals surface area contributed by atoms with Gasteiger partial charge in [0.25, 0.3) is 11.8 Å². The molecule has 0 spiro atoms. The van der Waals surface area contributed by atoms with Crippen molar-refractivity contribution in [3.8, 4) is 5.75 Å². The number of β-lactam (4-membered cyclic amide) rings is 1. The Labute approximate surface area is 287 Å². The molecular weight excluding hydrogens is 681 g/mol. The van der Waals surface area contributed by atoms with Gasteiger partial charge in [-0.3, -0.25) is 19.6 Å². The number of amidine groups is 1. The highest BCUT2D eigenvalue weighted by atomic mass is 32.3. The van der Waals surface area contributed by atoms with Gasteiger partial charge in [0.15, 0.2) is 16.4 Å². The zero-order valence-corrected chi connectivity index (χ0v) is 29.2. The van der Waals surface area contributed by atoms with Crippen LogP contribution in [0.1, 0.15) is 76.6 Å². The van der Waals surface area contributed by atoms with Gasteiger partial charge < -0.3 is 36.8 Å². The van der Waals surface area contributed by atoms with E-state index in [1.807, 2.05) is 6.07 Å². The first kappa shape index (κ1) is 36.4. The number of aliphatic hydroxyl groups excluding tert-OH is 1. The Morgan fingerprint density at radius 1 is 1.27 bits per heavy atom. The van der Waals surface area contributed by atoms with Gasteiger partial charge in [0.05, 0.1) is 12.1 Å². The van der Waals surface area contributed by atoms with Crippen molar-refractivity contribution in [2.45, 2.75) is 101 Å². The van der Waals surface area contributed by atoms with Crippen molar-refractivity contribution in [3.63, 3.8) is 0 Å². The molecule has 1 aromatic carbocycles. The van der Waals surface area contributed by atoms with E-state index >= 15 is 0 Å². The molecular formula is C30H42N8O9S2. The van der Waals surface area contributed by atoms with Crippen molar-refractivity contribution in [1.82, 2.24) is 20.7 Å². The summed E-state index contributed by atoms with van der Waals surface area (Å²) in [5, 5.41) is 30.9. The predicted octanol–water partition coefficient (Wildman–Crippen LogP) is 1.01. The summed E-state index contributed by atoms with van der Waals surface area (Å²) in [5.41, 5.74) is 10.3. The molecule has 19 heteroatoms. The third kappa shape index (κ3) is 7.97. The average Bonchev–Trinajstić information content (AvgIpc) is 3.47. The number of carbonyl (C=O) groups excluding carboxylic acids is 2. The third-order valence-corrected chi connectivity index (χ3v) is 10.2. The molecule has 2 aromatic rings. The number of anilines is 1. The number of hydrogen-bond acceptors (Lipinski definition) is 14. The van der Waals surface area contributed by atoms with Gasteiger partial charge in [-0.15, -0.1) is 15.6 Å². The summed E-state index contributed by atoms with van der Waals surface area (Å²) >= 11 is 1.03. The molecule has 268 valence electrons. The minimum absolute atomic E-state index is 0.0275. The molecule has 1 aliphatic carbocycles. The number of hydrogen-bond donors (Lipinski definition) is 7. The first-order chi connectivity index (χ1) is 22.8. The molecule has 1 saturated carbocycles. The second-order valence-corrected chi connectivity index (χ2v) is 15.6. The lowest BCUT2D eigenvalue weighted by Gasteiger charge is -2.50. The first-order valence-corrected chi connectivity index (χ1v) is 17.9. The van der Waals surface area contributed by atoms with E-state index in [1.54, 1.807) is 19.1 Å². The van der Waals surface area contributed by atoms with Crippen LogP contribution >= 0.6 is 11.3 Å². The van der Waals surface area contributed by atoms with Crippen LogP contribution in [-0.2, 0) is 35.5 Å². The van der Waals surface area contributed by atoms with Crippen LogP contribution in [0.4, 0.5) is 5.13 Å². The quantitative estimate of drug-likeness (QED) is 0.0562. The minimum atomic E-state index is -4.99. The number of benzene rings is 1. The first-order valence-electron chi connectivity index (χ1n) is 15.7. The molecule has 3 aliphatic rings. The maximum atomic E-state index is 13.5. The van der Waals surface area contributed by atoms with E-state index < -0.39 is 52.1 Å². The Morgan fingerprint density at radius 2 is 1.96 bits per heavy atom. The highest BCUT2D eigenvalue weighted by molar-refractivity contribution is 7.80. The molecule has 2 fully saturated rings. The molecule has 17 nitrogen and oxygen atoms in total. The fourth-order valence-corrected chi connectivity index (χ4v) is 7.04. The number of amides is 2. The van der Waals surface area contributed by atoms with E-state index in [2.05, 4.69) is 32.0 Å². The SMILES string of the molecule is CC1(C)[C@H](NC(=O)/C(=N\O[C@](C)(CO)[C@H]2CCc3cc(C(=N)N[C@H]4CC[C@@](C)(N)CC4)ccc3O2)c2csc(N)n2)C(=O)N1OS(=O)(=O)O. The second kappa shape index (κ2) is 13.4. The number of nitrogens with one attached hydrogen (secondary N) is 3. The van der Waals surface area contributed by atoms with Crippen LogP contribution in [0.15, 0.2) is 28.7 Å². The molecule has 9 N–H and O–H groups in total. The number of aryl methyl sites for hydroxylation is 1. The third-order valence-electron chi connectivity index (χ3n) is 9.21. The summed E-state index contributed by atoms with van der Waals surface area (Å²) in [6.45, 7) is 5.91. The second-order valence-electron chi connectivity index (χ2n) is 13.7. The maximum absolute atomic E-state index is 13.5. The number of aromatic nitrogens is 1. The molecule has 0 bridgehead atoms. The molecule has 1 saturated heterocycles. The van der Waals surface area contributed by atoms with Crippen LogP contribution in [-0.4, -0.2) is 93.0 Å². The Bertz CT molecular complexity index is 1750. The lowest BCUT2D eigenvalue weighted by atomic mass is 9.81. The lowest BCUT2D eigenvalue weighted by molar-refractivity contribution is -0.218. The van der Waals surface area contributed by atoms with Crippen LogP contribution in [0.3, 0.4) is 0 Å². The summed E-state index contributed by atoms with van der Waals surface area (Å²) in [6, 6.07) is 4.39. The van der Waals surface area contributed by atoms with Crippen molar-refractivity contribution in [2.24, 2.45) is 10.9 Å². The molecule has 0 unspecified atom stereocenters. The van der Waals surface area contributed by atoms with Crippen molar-refractivity contribution < 1.29 is 41.5 Å². The Balaban J connectivity index is 1.28. The largest absolute Gasteiger partial charge is 0.486 e. The number of ether oxygens (including phenoxy) is 1. The highest BCUT2D eigenvalue weighted by Crippen LogP contribution is 2.35. The lowest BCUT2D eigenvalue weighted by Crippen LogP contribution is -2.76. The predicted molar refractivity (Wildman–Crippen MR) is 179 cm³/mol. The normalized spacial score (nSPS) is 26.4. The fourth-order valence-electron chi connectivity index (χ4n) is 6.04. The molecule has 2 aliphatic heterocycles. The Hall–Kier alpha value is -3.88. The van der Waals surface area contributed by atoms with E-state index in [4.69, 9.17) is 31.0 Å². The number of nitrogens with zero attached hydrogens (tertiary/aromatic N) is 3. The van der Waals surface area contributed by atoms with Gasteiger partial charge in [0, 0.05) is 22.5 Å². The van der Waals surface area contributed by atoms with Gasteiger partial charge in [0.2, 0.25) is 0 Å². The molecule has 49 heavy (non-hydrogen) atoms. The zero-order chi connectivity index (χ0) is 35.9. The van der Waals surface area contributed by atoms with Crippen molar-refractivity contribution in [3.05, 3.63) is 40.4 Å². The summed E-state index contributed by atoms with van der Waals surface area (Å²) in [5.74, 6) is -0.963. The smallest absolute Gasteiger partial charge is 0.418 e. The highest BCUT2D eigenvalue weighted by Gasteiger charge is 2.58. The van der Waals surface area contributed by atoms with Gasteiger partial charge >= 0.3 is 10.4 Å². The van der Waals surface area contributed by atoms with Gasteiger partial charge in [-0.1, -0.05) is 5.16 Å². The number of nitrogens with two attached hydrogens (primary N) is 2. The molecule has 3 atom stereocenters. The molecule has 0 radical (unpaired) electrons. The molecule has 2 amide bonds. The van der Waals surface area contributed by atoms with E-state index in [-0.39, 0.29) is 28.1 Å². The number of carbonyl (C=O) groups is 2. The zero-order valence-electron chi connectivity index (χ0n) is 27.6. The van der Waals surface area contributed by atoms with Crippen LogP contribution in [0.5, 0.6) is 5.75 Å². The topological polar surface area (TPSA) is 265 Å². The molecule has 5 rings (SSSR count). The van der Waals surface area contributed by atoms with Gasteiger partial charge in [-0.2, -0.15) is 13.5 Å². The van der Waals surface area contributed by atoms with E-state index in [0.717, 1.165) is 48.1 Å². The number of hydroxylamine groups is 2. The molecule has 1 aromatic heterocycles. The maximum Gasteiger partial charge on any atom is 0.418 e. The Morgan fingerprint density at radius 3 is 2.55 bits per heavy atom. The van der Waals surface area contributed by atoms with Crippen molar-refractivity contribution in [2.75, 3.05) is 12.3 Å². The van der Waals surface area contributed by atoms with Crippen LogP contribution in [0.25, 0.3) is 0 Å². The van der Waals surface area contributed by atoms with Crippen LogP contribution < -0.4 is 26.8 Å². The van der Waals surface area contributed by atoms with Crippen molar-refractivity contribution >= 4 is 50.2 Å². The minimum Gasteiger partial charge on any atom is -0.486 e. The molecule has 3 heterocycles. The van der Waals surface area contributed by atoms with Crippen LogP contribution in [0.2, 0.25) is 0 Å². The number of nitrogen functional groups attached to an aromatic ring is 1. The van der Waals surface area contributed by atoms with E-state index in [1.165, 1.54) is 19.2 Å². The summed E-state index contributed by atoms with van der Waals surface area (Å²) in [6.07, 6.45) is 3.85. The van der Waals surface area contributed by atoms with Crippen molar-refractivity contribution in [1.29, 1.82) is 5.41 Å². The number of fused-ring (bicyclic) bond motifs is 1. The number of thiazole rings is 1. The number of rotatable bonds is 11. The summed E-state index contributed by atoms with van der Waals surface area (Å²) in [4.78, 5) is 36.0. The number of oxime groups is 1. The average molecular weight is 723 g/mol. The monoisotopic (exact) mass is 722 g/mol. The van der Waals surface area contributed by atoms with E-state index in [9.17, 15) is 23.1 Å². The number of aliphatic hydroxyl groups is 1. The Kier molecular flexibility index (Phi) is 9.99. The fraction of sp³-hybridized carbons (Fsp3) is 0.567. The van der Waals surface area contributed by atoms with Gasteiger partial charge in [-0.05, 0) is 90.0 Å². The standard InChI is InChI=1S/C30H42N8O9S2/c1-28(2)23(26(41)38(28)47-49(42,43)44)36-25(40)22(19-14-48-27(32)35-19)37-46-30(4,15-39)21-8-6-16-13-17(5-7-20(16)45-21)24(31)34-18-9-11-29(3,33)12-10-18/h5,7,13-14,18,21,23,39H,6,8-12,15,33H2,1-4H3,(H2,31,34)(H2,32,35)(H,36,40)(H,42,43,44)/b37-22-/t18-,21-,23-,29+,30-/m1/s1. The van der Waals surface area contributed by atoms with E-state index in [0.29, 0.717) is 29.5 Å². The van der Waals surface area contributed by atoms with Gasteiger partial charge in [-0.25, -0.2) is 4.98 Å². The van der Waals surface area contributed by atoms with Gasteiger partial charge in [0.1, 0.15) is 29.4 Å².